The zero-order chi connectivity index (χ0) is 14.4. The standard InChI is InChI=1S/C17H26ClNO/c1-3-13(2)14-7-8-17(16(18)12-14)20-11-9-15-6-4-5-10-19-15/h7-8,12-13,15,19H,3-6,9-11H2,1-2H3/t13-,15+/m1/s1. The van der Waals surface area contributed by atoms with E-state index in [0.29, 0.717) is 12.0 Å². The van der Waals surface area contributed by atoms with Crippen LogP contribution in [0, 0.1) is 0 Å². The van der Waals surface area contributed by atoms with Crippen LogP contribution in [0.3, 0.4) is 0 Å². The number of rotatable bonds is 6. The average Bonchev–Trinajstić information content (AvgIpc) is 2.49. The molecule has 0 spiro atoms. The second-order valence-electron chi connectivity index (χ2n) is 5.78. The van der Waals surface area contributed by atoms with Crippen LogP contribution >= 0.6 is 11.6 Å². The first-order valence-electron chi connectivity index (χ1n) is 7.86. The summed E-state index contributed by atoms with van der Waals surface area (Å²) in [5, 5.41) is 4.27. The van der Waals surface area contributed by atoms with Crippen molar-refractivity contribution in [1.82, 2.24) is 5.32 Å². The Morgan fingerprint density at radius 1 is 1.40 bits per heavy atom. The maximum absolute atomic E-state index is 6.31. The Morgan fingerprint density at radius 3 is 2.90 bits per heavy atom. The second-order valence-corrected chi connectivity index (χ2v) is 6.19. The highest BCUT2D eigenvalue weighted by molar-refractivity contribution is 6.32. The van der Waals surface area contributed by atoms with Gasteiger partial charge in [0.25, 0.3) is 0 Å². The van der Waals surface area contributed by atoms with Crippen LogP contribution < -0.4 is 10.1 Å². The Hall–Kier alpha value is -0.730. The van der Waals surface area contributed by atoms with E-state index in [2.05, 4.69) is 25.2 Å². The molecule has 2 rings (SSSR count). The van der Waals surface area contributed by atoms with Crippen LogP contribution in [0.2, 0.25) is 5.02 Å². The summed E-state index contributed by atoms with van der Waals surface area (Å²) in [5.74, 6) is 1.36. The van der Waals surface area contributed by atoms with Gasteiger partial charge < -0.3 is 10.1 Å². The third kappa shape index (κ3) is 4.39. The summed E-state index contributed by atoms with van der Waals surface area (Å²) in [6.45, 7) is 6.30. The number of hydrogen-bond acceptors (Lipinski definition) is 2. The number of piperidine rings is 1. The molecular formula is C17H26ClNO. The molecule has 0 aliphatic carbocycles. The fourth-order valence-corrected chi connectivity index (χ4v) is 2.90. The highest BCUT2D eigenvalue weighted by Crippen LogP contribution is 2.29. The molecule has 1 fully saturated rings. The summed E-state index contributed by atoms with van der Waals surface area (Å²) < 4.78 is 5.84. The van der Waals surface area contributed by atoms with E-state index in [1.54, 1.807) is 0 Å². The van der Waals surface area contributed by atoms with E-state index in [1.807, 2.05) is 12.1 Å². The monoisotopic (exact) mass is 295 g/mol. The fraction of sp³-hybridized carbons (Fsp3) is 0.647. The fourth-order valence-electron chi connectivity index (χ4n) is 2.66. The van der Waals surface area contributed by atoms with E-state index in [-0.39, 0.29) is 0 Å². The molecule has 0 unspecified atom stereocenters. The quantitative estimate of drug-likeness (QED) is 0.816. The molecule has 1 saturated heterocycles. The predicted octanol–water partition coefficient (Wildman–Crippen LogP) is 4.76. The van der Waals surface area contributed by atoms with Crippen molar-refractivity contribution in [1.29, 1.82) is 0 Å². The van der Waals surface area contributed by atoms with E-state index in [0.717, 1.165) is 36.8 Å². The van der Waals surface area contributed by atoms with Crippen LogP contribution in [0.4, 0.5) is 0 Å². The van der Waals surface area contributed by atoms with Gasteiger partial charge in [-0.2, -0.15) is 0 Å². The minimum Gasteiger partial charge on any atom is -0.492 e. The molecule has 1 aliphatic heterocycles. The first-order chi connectivity index (χ1) is 9.70. The highest BCUT2D eigenvalue weighted by Gasteiger charge is 2.13. The molecule has 20 heavy (non-hydrogen) atoms. The third-order valence-corrected chi connectivity index (χ3v) is 4.57. The van der Waals surface area contributed by atoms with Gasteiger partial charge in [0.2, 0.25) is 0 Å². The smallest absolute Gasteiger partial charge is 0.137 e. The largest absolute Gasteiger partial charge is 0.492 e. The summed E-state index contributed by atoms with van der Waals surface area (Å²) in [7, 11) is 0. The number of ether oxygens (including phenoxy) is 1. The van der Waals surface area contributed by atoms with Crippen molar-refractivity contribution in [3.8, 4) is 5.75 Å². The minimum absolute atomic E-state index is 0.549. The lowest BCUT2D eigenvalue weighted by molar-refractivity contribution is 0.268. The molecule has 112 valence electrons. The van der Waals surface area contributed by atoms with Crippen molar-refractivity contribution in [2.75, 3.05) is 13.2 Å². The van der Waals surface area contributed by atoms with Gasteiger partial charge in [-0.05, 0) is 55.8 Å². The van der Waals surface area contributed by atoms with Crippen molar-refractivity contribution in [3.05, 3.63) is 28.8 Å². The van der Waals surface area contributed by atoms with E-state index in [9.17, 15) is 0 Å². The molecule has 0 aromatic heterocycles. The summed E-state index contributed by atoms with van der Waals surface area (Å²) in [6, 6.07) is 6.80. The van der Waals surface area contributed by atoms with E-state index in [4.69, 9.17) is 16.3 Å². The second kappa shape index (κ2) is 7.90. The maximum Gasteiger partial charge on any atom is 0.137 e. The molecular weight excluding hydrogens is 270 g/mol. The Bertz CT molecular complexity index is 415. The van der Waals surface area contributed by atoms with Crippen molar-refractivity contribution in [2.45, 2.75) is 57.9 Å². The normalized spacial score (nSPS) is 20.6. The van der Waals surface area contributed by atoms with Crippen LogP contribution in [0.25, 0.3) is 0 Å². The Balaban J connectivity index is 1.83. The van der Waals surface area contributed by atoms with Gasteiger partial charge in [0, 0.05) is 6.04 Å². The summed E-state index contributed by atoms with van der Waals surface area (Å²) >= 11 is 6.31. The van der Waals surface area contributed by atoms with Crippen LogP contribution in [-0.2, 0) is 0 Å². The van der Waals surface area contributed by atoms with Crippen molar-refractivity contribution in [2.24, 2.45) is 0 Å². The lowest BCUT2D eigenvalue weighted by Crippen LogP contribution is -2.35. The lowest BCUT2D eigenvalue weighted by Gasteiger charge is -2.23. The van der Waals surface area contributed by atoms with Gasteiger partial charge in [-0.1, -0.05) is 37.9 Å². The van der Waals surface area contributed by atoms with E-state index >= 15 is 0 Å². The van der Waals surface area contributed by atoms with Crippen LogP contribution in [-0.4, -0.2) is 19.2 Å². The van der Waals surface area contributed by atoms with Crippen molar-refractivity contribution in [3.63, 3.8) is 0 Å². The van der Waals surface area contributed by atoms with Gasteiger partial charge in [-0.3, -0.25) is 0 Å². The van der Waals surface area contributed by atoms with Crippen molar-refractivity contribution < 1.29 is 4.74 Å². The number of benzene rings is 1. The topological polar surface area (TPSA) is 21.3 Å². The van der Waals surface area contributed by atoms with Gasteiger partial charge in [0.15, 0.2) is 0 Å². The molecule has 1 N–H and O–H groups in total. The maximum atomic E-state index is 6.31. The molecule has 1 aliphatic rings. The molecule has 1 aromatic rings. The van der Waals surface area contributed by atoms with Gasteiger partial charge in [0.1, 0.15) is 5.75 Å². The molecule has 2 atom stereocenters. The average molecular weight is 296 g/mol. The Morgan fingerprint density at radius 2 is 2.25 bits per heavy atom. The molecule has 0 saturated carbocycles. The molecule has 0 bridgehead atoms. The number of hydrogen-bond donors (Lipinski definition) is 1. The molecule has 0 radical (unpaired) electrons. The summed E-state index contributed by atoms with van der Waals surface area (Å²) in [5.41, 5.74) is 1.29. The Labute approximate surface area is 127 Å². The Kier molecular flexibility index (Phi) is 6.18. The number of halogens is 1. The van der Waals surface area contributed by atoms with Crippen LogP contribution in [0.5, 0.6) is 5.75 Å². The predicted molar refractivity (Wildman–Crippen MR) is 85.9 cm³/mol. The zero-order valence-corrected chi connectivity index (χ0v) is 13.4. The molecule has 0 amide bonds. The molecule has 3 heteroatoms. The van der Waals surface area contributed by atoms with Crippen LogP contribution in [0.1, 0.15) is 57.4 Å². The van der Waals surface area contributed by atoms with Gasteiger partial charge in [-0.15, -0.1) is 0 Å². The van der Waals surface area contributed by atoms with E-state index < -0.39 is 0 Å². The third-order valence-electron chi connectivity index (χ3n) is 4.27. The van der Waals surface area contributed by atoms with Crippen molar-refractivity contribution >= 4 is 11.6 Å². The van der Waals surface area contributed by atoms with E-state index in [1.165, 1.54) is 24.8 Å². The minimum atomic E-state index is 0.549. The first-order valence-corrected chi connectivity index (χ1v) is 8.24. The first kappa shape index (κ1) is 15.7. The molecule has 1 aromatic carbocycles. The van der Waals surface area contributed by atoms with Gasteiger partial charge in [0.05, 0.1) is 11.6 Å². The van der Waals surface area contributed by atoms with Gasteiger partial charge >= 0.3 is 0 Å². The van der Waals surface area contributed by atoms with Crippen LogP contribution in [0.15, 0.2) is 18.2 Å². The summed E-state index contributed by atoms with van der Waals surface area (Å²) in [4.78, 5) is 0. The molecule has 2 nitrogen and oxygen atoms in total. The summed E-state index contributed by atoms with van der Waals surface area (Å²) in [6.07, 6.45) is 6.10. The van der Waals surface area contributed by atoms with Gasteiger partial charge in [-0.25, -0.2) is 0 Å². The highest BCUT2D eigenvalue weighted by atomic mass is 35.5. The number of nitrogens with one attached hydrogen (secondary N) is 1. The zero-order valence-electron chi connectivity index (χ0n) is 12.6. The lowest BCUT2D eigenvalue weighted by atomic mass is 9.99. The molecule has 1 heterocycles. The SMILES string of the molecule is CC[C@@H](C)c1ccc(OCC[C@@H]2CCCCN2)c(Cl)c1.